The van der Waals surface area contributed by atoms with Gasteiger partial charge >= 0.3 is 0 Å². The summed E-state index contributed by atoms with van der Waals surface area (Å²) in [7, 11) is 0. The van der Waals surface area contributed by atoms with Crippen LogP contribution < -0.4 is 0 Å². The van der Waals surface area contributed by atoms with E-state index in [2.05, 4.69) is 36.7 Å². The van der Waals surface area contributed by atoms with E-state index in [-0.39, 0.29) is 0 Å². The molecule has 1 nitrogen and oxygen atoms in total. The van der Waals surface area contributed by atoms with Crippen LogP contribution in [-0.4, -0.2) is 18.5 Å². The highest BCUT2D eigenvalue weighted by Crippen LogP contribution is 2.23. The smallest absolute Gasteiger partial charge is 0.0527 e. The molecule has 1 atom stereocenters. The molecule has 0 saturated heterocycles. The molecule has 68 valence electrons. The van der Waals surface area contributed by atoms with Gasteiger partial charge in [0.05, 0.1) is 6.61 Å². The fourth-order valence-corrected chi connectivity index (χ4v) is 1.26. The summed E-state index contributed by atoms with van der Waals surface area (Å²) in [5.41, 5.74) is 0.329. The summed E-state index contributed by atoms with van der Waals surface area (Å²) in [5.74, 6) is 0. The summed E-state index contributed by atoms with van der Waals surface area (Å²) < 4.78 is 5.50. The van der Waals surface area contributed by atoms with Crippen LogP contribution >= 0.6 is 15.9 Å². The molecule has 0 fully saturated rings. The van der Waals surface area contributed by atoms with Gasteiger partial charge in [0.15, 0.2) is 0 Å². The first-order valence-corrected chi connectivity index (χ1v) is 5.44. The van der Waals surface area contributed by atoms with Crippen molar-refractivity contribution in [1.82, 2.24) is 0 Å². The molecule has 0 aromatic carbocycles. The maximum atomic E-state index is 5.50. The molecule has 0 heterocycles. The molecule has 11 heavy (non-hydrogen) atoms. The highest BCUT2D eigenvalue weighted by atomic mass is 79.9. The molecule has 0 aromatic heterocycles. The average molecular weight is 223 g/mol. The Hall–Kier alpha value is 0.440. The Morgan fingerprint density at radius 3 is 2.36 bits per heavy atom. The maximum absolute atomic E-state index is 5.50. The van der Waals surface area contributed by atoms with Gasteiger partial charge in [-0.15, -0.1) is 0 Å². The summed E-state index contributed by atoms with van der Waals surface area (Å²) in [6, 6.07) is 0. The molecule has 1 unspecified atom stereocenters. The lowest BCUT2D eigenvalue weighted by Gasteiger charge is -2.25. The predicted molar refractivity (Wildman–Crippen MR) is 53.3 cm³/mol. The van der Waals surface area contributed by atoms with Crippen molar-refractivity contribution in [2.24, 2.45) is 5.41 Å². The molecule has 0 N–H and O–H groups in total. The van der Waals surface area contributed by atoms with Gasteiger partial charge in [0, 0.05) is 17.4 Å². The second kappa shape index (κ2) is 6.01. The minimum Gasteiger partial charge on any atom is -0.381 e. The van der Waals surface area contributed by atoms with Crippen LogP contribution in [0.4, 0.5) is 0 Å². The fraction of sp³-hybridized carbons (Fsp3) is 1.00. The SMILES string of the molecule is CCCOCC(C)(CC)CBr. The van der Waals surface area contributed by atoms with Crippen molar-refractivity contribution in [3.8, 4) is 0 Å². The Morgan fingerprint density at radius 2 is 2.00 bits per heavy atom. The van der Waals surface area contributed by atoms with Crippen molar-refractivity contribution in [1.29, 1.82) is 0 Å². The van der Waals surface area contributed by atoms with Crippen LogP contribution in [0.3, 0.4) is 0 Å². The minimum absolute atomic E-state index is 0.329. The molecule has 0 rings (SSSR count). The van der Waals surface area contributed by atoms with Crippen LogP contribution in [0, 0.1) is 5.41 Å². The molecule has 2 heteroatoms. The highest BCUT2D eigenvalue weighted by Gasteiger charge is 2.20. The summed E-state index contributed by atoms with van der Waals surface area (Å²) in [4.78, 5) is 0. The molecule has 0 amide bonds. The van der Waals surface area contributed by atoms with Crippen molar-refractivity contribution in [2.75, 3.05) is 18.5 Å². The lowest BCUT2D eigenvalue weighted by Crippen LogP contribution is -2.24. The highest BCUT2D eigenvalue weighted by molar-refractivity contribution is 9.09. The van der Waals surface area contributed by atoms with Gasteiger partial charge in [0.1, 0.15) is 0 Å². The van der Waals surface area contributed by atoms with E-state index in [9.17, 15) is 0 Å². The number of hydrogen-bond donors (Lipinski definition) is 0. The fourth-order valence-electron chi connectivity index (χ4n) is 0.698. The summed E-state index contributed by atoms with van der Waals surface area (Å²) >= 11 is 3.50. The van der Waals surface area contributed by atoms with E-state index in [4.69, 9.17) is 4.74 Å². The quantitative estimate of drug-likeness (QED) is 0.496. The van der Waals surface area contributed by atoms with Gasteiger partial charge in [0.2, 0.25) is 0 Å². The molecule has 0 aliphatic rings. The Labute approximate surface area is 78.6 Å². The van der Waals surface area contributed by atoms with E-state index in [1.165, 1.54) is 6.42 Å². The number of rotatable bonds is 6. The van der Waals surface area contributed by atoms with E-state index < -0.39 is 0 Å². The minimum atomic E-state index is 0.329. The van der Waals surface area contributed by atoms with Crippen LogP contribution in [-0.2, 0) is 4.74 Å². The Balaban J connectivity index is 3.51. The van der Waals surface area contributed by atoms with Gasteiger partial charge < -0.3 is 4.74 Å². The maximum Gasteiger partial charge on any atom is 0.0527 e. The predicted octanol–water partition coefficient (Wildman–Crippen LogP) is 3.22. The van der Waals surface area contributed by atoms with E-state index in [0.29, 0.717) is 5.41 Å². The molecule has 0 aliphatic heterocycles. The molecule has 0 saturated carbocycles. The summed E-state index contributed by atoms with van der Waals surface area (Å²) in [5, 5.41) is 1.03. The van der Waals surface area contributed by atoms with Gasteiger partial charge in [-0.25, -0.2) is 0 Å². The van der Waals surface area contributed by atoms with Crippen molar-refractivity contribution >= 4 is 15.9 Å². The zero-order valence-corrected chi connectivity index (χ0v) is 9.41. The van der Waals surface area contributed by atoms with Crippen molar-refractivity contribution in [3.63, 3.8) is 0 Å². The zero-order chi connectivity index (χ0) is 8.74. The molecule has 0 spiro atoms. The van der Waals surface area contributed by atoms with Crippen molar-refractivity contribution in [3.05, 3.63) is 0 Å². The number of ether oxygens (including phenoxy) is 1. The molecular weight excluding hydrogens is 204 g/mol. The second-order valence-electron chi connectivity index (χ2n) is 3.35. The normalized spacial score (nSPS) is 16.4. The third-order valence-electron chi connectivity index (χ3n) is 1.98. The van der Waals surface area contributed by atoms with Crippen molar-refractivity contribution < 1.29 is 4.74 Å². The summed E-state index contributed by atoms with van der Waals surface area (Å²) in [6.45, 7) is 8.36. The Kier molecular flexibility index (Phi) is 6.25. The molecule has 0 bridgehead atoms. The van der Waals surface area contributed by atoms with E-state index in [1.54, 1.807) is 0 Å². The Bertz CT molecular complexity index is 89.6. The Morgan fingerprint density at radius 1 is 1.36 bits per heavy atom. The van der Waals surface area contributed by atoms with Crippen LogP contribution in [0.15, 0.2) is 0 Å². The van der Waals surface area contributed by atoms with E-state index in [0.717, 1.165) is 25.0 Å². The average Bonchev–Trinajstić information content (AvgIpc) is 2.05. The molecule has 0 aromatic rings. The van der Waals surface area contributed by atoms with E-state index >= 15 is 0 Å². The standard InChI is InChI=1S/C9H19BrO/c1-4-6-11-8-9(3,5-2)7-10/h4-8H2,1-3H3. The zero-order valence-electron chi connectivity index (χ0n) is 7.82. The number of alkyl halides is 1. The van der Waals surface area contributed by atoms with Gasteiger partial charge in [-0.05, 0) is 12.8 Å². The van der Waals surface area contributed by atoms with E-state index in [1.807, 2.05) is 0 Å². The monoisotopic (exact) mass is 222 g/mol. The van der Waals surface area contributed by atoms with Crippen LogP contribution in [0.1, 0.15) is 33.6 Å². The first-order valence-electron chi connectivity index (χ1n) is 4.32. The van der Waals surface area contributed by atoms with Gasteiger partial charge in [0.25, 0.3) is 0 Å². The van der Waals surface area contributed by atoms with Gasteiger partial charge in [-0.2, -0.15) is 0 Å². The number of halogens is 1. The molecule has 0 aliphatic carbocycles. The van der Waals surface area contributed by atoms with Crippen LogP contribution in [0.5, 0.6) is 0 Å². The van der Waals surface area contributed by atoms with Gasteiger partial charge in [-0.3, -0.25) is 0 Å². The summed E-state index contributed by atoms with van der Waals surface area (Å²) in [6.07, 6.45) is 2.28. The lowest BCUT2D eigenvalue weighted by atomic mass is 9.92. The van der Waals surface area contributed by atoms with Gasteiger partial charge in [-0.1, -0.05) is 36.7 Å². The molecule has 0 radical (unpaired) electrons. The second-order valence-corrected chi connectivity index (χ2v) is 3.91. The third kappa shape index (κ3) is 4.81. The third-order valence-corrected chi connectivity index (χ3v) is 3.33. The molecular formula is C9H19BrO. The topological polar surface area (TPSA) is 9.23 Å². The lowest BCUT2D eigenvalue weighted by molar-refractivity contribution is 0.0638. The first kappa shape index (κ1) is 11.4. The largest absolute Gasteiger partial charge is 0.381 e. The van der Waals surface area contributed by atoms with Crippen LogP contribution in [0.2, 0.25) is 0 Å². The van der Waals surface area contributed by atoms with Crippen molar-refractivity contribution in [2.45, 2.75) is 33.6 Å². The van der Waals surface area contributed by atoms with Crippen LogP contribution in [0.25, 0.3) is 0 Å². The first-order chi connectivity index (χ1) is 5.18. The number of hydrogen-bond acceptors (Lipinski definition) is 1.